The minimum absolute atomic E-state index is 0.279. The van der Waals surface area contributed by atoms with Crippen molar-refractivity contribution >= 4 is 21.9 Å². The van der Waals surface area contributed by atoms with Gasteiger partial charge in [-0.3, -0.25) is 0 Å². The minimum Gasteiger partial charge on any atom is -0.747 e. The fourth-order valence-corrected chi connectivity index (χ4v) is 1.86. The normalized spacial score (nSPS) is 15.1. The second-order valence-electron chi connectivity index (χ2n) is 1.90. The molecule has 0 radical (unpaired) electrons. The number of rotatable bonds is 4. The van der Waals surface area contributed by atoms with E-state index in [0.717, 1.165) is 11.8 Å². The van der Waals surface area contributed by atoms with Crippen LogP contribution in [0.1, 0.15) is 6.92 Å². The lowest BCUT2D eigenvalue weighted by atomic mass is 10.5. The van der Waals surface area contributed by atoms with Gasteiger partial charge in [-0.2, -0.15) is 0 Å². The molecule has 0 aromatic heterocycles. The predicted octanol–water partition coefficient (Wildman–Crippen LogP) is -0.397. The van der Waals surface area contributed by atoms with Crippen LogP contribution in [0.5, 0.6) is 0 Å². The quantitative estimate of drug-likeness (QED) is 0.603. The van der Waals surface area contributed by atoms with Crippen molar-refractivity contribution in [2.24, 2.45) is 0 Å². The zero-order valence-corrected chi connectivity index (χ0v) is 7.11. The summed E-state index contributed by atoms with van der Waals surface area (Å²) in [5, 5.41) is 8.17. The third-order valence-electron chi connectivity index (χ3n) is 0.587. The van der Waals surface area contributed by atoms with Gasteiger partial charge in [0.1, 0.15) is 10.1 Å². The molecule has 0 rings (SSSR count). The minimum atomic E-state index is -4.12. The van der Waals surface area contributed by atoms with Crippen molar-refractivity contribution in [1.29, 1.82) is 0 Å². The number of thioether (sulfide) groups is 1. The molecule has 0 aliphatic carbocycles. The molecule has 1 N–H and O–H groups in total. The van der Waals surface area contributed by atoms with Gasteiger partial charge in [0.15, 0.2) is 0 Å². The Bertz CT molecular complexity index is 172. The Morgan fingerprint density at radius 3 is 2.50 bits per heavy atom. The van der Waals surface area contributed by atoms with Crippen LogP contribution in [0.15, 0.2) is 0 Å². The predicted molar refractivity (Wildman–Crippen MR) is 38.7 cm³/mol. The Balaban J connectivity index is 3.39. The molecule has 0 aliphatic rings. The van der Waals surface area contributed by atoms with Crippen LogP contribution in [0.3, 0.4) is 0 Å². The maximum Gasteiger partial charge on any atom is 0.104 e. The summed E-state index contributed by atoms with van der Waals surface area (Å²) >= 11 is 0.918. The van der Waals surface area contributed by atoms with E-state index in [1.54, 1.807) is 0 Å². The van der Waals surface area contributed by atoms with Gasteiger partial charge in [0.2, 0.25) is 0 Å². The summed E-state index contributed by atoms with van der Waals surface area (Å²) in [6.45, 7) is 1.53. The standard InChI is InChI=1S/C4H10O4S2/c1-4(5)2-9-3-10(6,7)8/h4-5H,2-3H2,1H3,(H,6,7,8)/p-1. The van der Waals surface area contributed by atoms with E-state index in [9.17, 15) is 13.0 Å². The van der Waals surface area contributed by atoms with Crippen LogP contribution in [0, 0.1) is 0 Å². The van der Waals surface area contributed by atoms with Crippen molar-refractivity contribution in [3.8, 4) is 0 Å². The van der Waals surface area contributed by atoms with Crippen molar-refractivity contribution < 1.29 is 18.1 Å². The van der Waals surface area contributed by atoms with E-state index >= 15 is 0 Å². The molecule has 0 bridgehead atoms. The first-order valence-corrected chi connectivity index (χ1v) is 5.34. The summed E-state index contributed by atoms with van der Waals surface area (Å²) in [6.07, 6.45) is -0.563. The van der Waals surface area contributed by atoms with Crippen molar-refractivity contribution in [2.45, 2.75) is 13.0 Å². The Kier molecular flexibility index (Phi) is 4.26. The van der Waals surface area contributed by atoms with Gasteiger partial charge in [0, 0.05) is 5.75 Å². The first-order chi connectivity index (χ1) is 4.42. The van der Waals surface area contributed by atoms with Gasteiger partial charge in [-0.1, -0.05) is 0 Å². The first kappa shape index (κ1) is 10.2. The van der Waals surface area contributed by atoms with E-state index in [1.807, 2.05) is 0 Å². The highest BCUT2D eigenvalue weighted by molar-refractivity contribution is 8.10. The lowest BCUT2D eigenvalue weighted by molar-refractivity contribution is 0.220. The summed E-state index contributed by atoms with van der Waals surface area (Å²) in [5.41, 5.74) is 0. The number of hydrogen-bond donors (Lipinski definition) is 1. The molecule has 62 valence electrons. The molecule has 6 heteroatoms. The van der Waals surface area contributed by atoms with Crippen molar-refractivity contribution in [1.82, 2.24) is 0 Å². The van der Waals surface area contributed by atoms with E-state index in [-0.39, 0.29) is 5.75 Å². The summed E-state index contributed by atoms with van der Waals surface area (Å²) in [6, 6.07) is 0. The molecule has 10 heavy (non-hydrogen) atoms. The van der Waals surface area contributed by atoms with Gasteiger partial charge in [-0.25, -0.2) is 8.42 Å². The molecule has 4 nitrogen and oxygen atoms in total. The zero-order valence-electron chi connectivity index (χ0n) is 5.48. The monoisotopic (exact) mass is 185 g/mol. The van der Waals surface area contributed by atoms with E-state index < -0.39 is 21.3 Å². The van der Waals surface area contributed by atoms with Gasteiger partial charge < -0.3 is 9.66 Å². The van der Waals surface area contributed by atoms with Gasteiger partial charge in [0.25, 0.3) is 0 Å². The molecule has 0 amide bonds. The Hall–Kier alpha value is 0.220. The fourth-order valence-electron chi connectivity index (χ4n) is 0.321. The molecular weight excluding hydrogens is 176 g/mol. The summed E-state index contributed by atoms with van der Waals surface area (Å²) in [5.74, 6) is 0.279. The molecule has 0 fully saturated rings. The van der Waals surface area contributed by atoms with Gasteiger partial charge in [-0.05, 0) is 6.92 Å². The average Bonchev–Trinajstić information content (AvgIpc) is 1.59. The highest BCUT2D eigenvalue weighted by atomic mass is 32.3. The maximum atomic E-state index is 9.95. The smallest absolute Gasteiger partial charge is 0.104 e. The first-order valence-electron chi connectivity index (χ1n) is 2.61. The molecular formula is C4H9O4S2-. The van der Waals surface area contributed by atoms with E-state index in [0.29, 0.717) is 0 Å². The van der Waals surface area contributed by atoms with Crippen LogP contribution < -0.4 is 0 Å². The largest absolute Gasteiger partial charge is 0.747 e. The number of aliphatic hydroxyl groups excluding tert-OH is 1. The second kappa shape index (κ2) is 4.17. The molecule has 0 heterocycles. The van der Waals surface area contributed by atoms with Crippen LogP contribution >= 0.6 is 11.8 Å². The molecule has 0 saturated heterocycles. The Morgan fingerprint density at radius 2 is 2.20 bits per heavy atom. The molecule has 0 aromatic carbocycles. The van der Waals surface area contributed by atoms with Crippen molar-refractivity contribution in [3.63, 3.8) is 0 Å². The lowest BCUT2D eigenvalue weighted by Gasteiger charge is -2.06. The SMILES string of the molecule is CC(O)CSCS(=O)(=O)[O-]. The molecule has 0 aliphatic heterocycles. The van der Waals surface area contributed by atoms with Crippen LogP contribution in [0.2, 0.25) is 0 Å². The Morgan fingerprint density at radius 1 is 1.70 bits per heavy atom. The summed E-state index contributed by atoms with van der Waals surface area (Å²) < 4.78 is 29.9. The molecule has 0 spiro atoms. The van der Waals surface area contributed by atoms with Crippen molar-refractivity contribution in [3.05, 3.63) is 0 Å². The van der Waals surface area contributed by atoms with E-state index in [1.165, 1.54) is 6.92 Å². The number of aliphatic hydroxyl groups is 1. The second-order valence-corrected chi connectivity index (χ2v) is 4.70. The van der Waals surface area contributed by atoms with Crippen LogP contribution in [0.4, 0.5) is 0 Å². The van der Waals surface area contributed by atoms with Crippen LogP contribution in [-0.4, -0.2) is 35.0 Å². The van der Waals surface area contributed by atoms with Crippen LogP contribution in [0.25, 0.3) is 0 Å². The van der Waals surface area contributed by atoms with Gasteiger partial charge in [0.05, 0.1) is 11.2 Å². The number of hydrogen-bond acceptors (Lipinski definition) is 5. The van der Waals surface area contributed by atoms with Crippen LogP contribution in [-0.2, 0) is 10.1 Å². The highest BCUT2D eigenvalue weighted by Crippen LogP contribution is 2.04. The average molecular weight is 185 g/mol. The lowest BCUT2D eigenvalue weighted by Crippen LogP contribution is -2.07. The zero-order chi connectivity index (χ0) is 8.20. The molecule has 1 atom stereocenters. The molecule has 0 saturated carbocycles. The van der Waals surface area contributed by atoms with Crippen molar-refractivity contribution in [2.75, 3.05) is 10.8 Å². The fraction of sp³-hybridized carbons (Fsp3) is 1.00. The van der Waals surface area contributed by atoms with Gasteiger partial charge >= 0.3 is 0 Å². The van der Waals surface area contributed by atoms with Gasteiger partial charge in [-0.15, -0.1) is 11.8 Å². The highest BCUT2D eigenvalue weighted by Gasteiger charge is 1.98. The topological polar surface area (TPSA) is 77.4 Å². The third-order valence-corrected chi connectivity index (χ3v) is 3.13. The summed E-state index contributed by atoms with van der Waals surface area (Å²) in [7, 11) is -4.12. The third kappa shape index (κ3) is 8.22. The Labute approximate surface area is 64.4 Å². The van der Waals surface area contributed by atoms with E-state index in [2.05, 4.69) is 0 Å². The van der Waals surface area contributed by atoms with E-state index in [4.69, 9.17) is 5.11 Å². The maximum absolute atomic E-state index is 9.95. The molecule has 0 aromatic rings. The molecule has 1 unspecified atom stereocenters. The summed E-state index contributed by atoms with van der Waals surface area (Å²) in [4.78, 5) is 0.